The van der Waals surface area contributed by atoms with Gasteiger partial charge >= 0.3 is 5.97 Å². The van der Waals surface area contributed by atoms with Gasteiger partial charge in [0.25, 0.3) is 5.91 Å². The number of carbonyl (C=O) groups is 2. The van der Waals surface area contributed by atoms with Gasteiger partial charge in [-0.1, -0.05) is 6.07 Å². The van der Waals surface area contributed by atoms with Crippen LogP contribution in [0.1, 0.15) is 18.4 Å². The molecule has 6 nitrogen and oxygen atoms in total. The third-order valence-corrected chi connectivity index (χ3v) is 2.81. The maximum atomic E-state index is 11.6. The van der Waals surface area contributed by atoms with Crippen molar-refractivity contribution in [2.75, 3.05) is 18.5 Å². The van der Waals surface area contributed by atoms with Gasteiger partial charge in [0.2, 0.25) is 0 Å². The predicted molar refractivity (Wildman–Crippen MR) is 69.7 cm³/mol. The van der Waals surface area contributed by atoms with Crippen LogP contribution in [-0.2, 0) is 19.1 Å². The van der Waals surface area contributed by atoms with E-state index in [1.807, 2.05) is 6.07 Å². The number of nitrogens with zero attached hydrogens (tertiary/aromatic N) is 1. The highest BCUT2D eigenvalue weighted by Crippen LogP contribution is 2.13. The van der Waals surface area contributed by atoms with E-state index in [1.54, 1.807) is 24.3 Å². The fourth-order valence-electron chi connectivity index (χ4n) is 1.86. The first-order valence-corrected chi connectivity index (χ1v) is 6.27. The highest BCUT2D eigenvalue weighted by molar-refractivity contribution is 5.93. The van der Waals surface area contributed by atoms with E-state index < -0.39 is 18.0 Å². The van der Waals surface area contributed by atoms with Gasteiger partial charge in [-0.15, -0.1) is 0 Å². The standard InChI is InChI=1S/C14H14N2O4/c15-8-10-3-1-4-11(7-10)16-13(17)9-20-14(18)12-5-2-6-19-12/h1,3-4,7,12H,2,5-6,9H2,(H,16,17)/t12-/m0/s1. The molecule has 1 aromatic carbocycles. The van der Waals surface area contributed by atoms with E-state index in [0.29, 0.717) is 24.3 Å². The molecule has 0 spiro atoms. The van der Waals surface area contributed by atoms with E-state index >= 15 is 0 Å². The van der Waals surface area contributed by atoms with Crippen molar-refractivity contribution in [2.24, 2.45) is 0 Å². The summed E-state index contributed by atoms with van der Waals surface area (Å²) in [5.41, 5.74) is 0.932. The largest absolute Gasteiger partial charge is 0.454 e. The molecule has 1 N–H and O–H groups in total. The van der Waals surface area contributed by atoms with Gasteiger partial charge in [0, 0.05) is 12.3 Å². The van der Waals surface area contributed by atoms with E-state index in [9.17, 15) is 9.59 Å². The zero-order valence-corrected chi connectivity index (χ0v) is 10.8. The maximum Gasteiger partial charge on any atom is 0.335 e. The van der Waals surface area contributed by atoms with E-state index in [2.05, 4.69) is 5.32 Å². The Morgan fingerprint density at radius 1 is 1.50 bits per heavy atom. The number of hydrogen-bond donors (Lipinski definition) is 1. The fourth-order valence-corrected chi connectivity index (χ4v) is 1.86. The summed E-state index contributed by atoms with van der Waals surface area (Å²) >= 11 is 0. The summed E-state index contributed by atoms with van der Waals surface area (Å²) in [6, 6.07) is 8.46. The van der Waals surface area contributed by atoms with E-state index in [1.165, 1.54) is 0 Å². The Hall–Kier alpha value is -2.39. The Morgan fingerprint density at radius 3 is 3.05 bits per heavy atom. The molecule has 2 rings (SSSR count). The summed E-state index contributed by atoms with van der Waals surface area (Å²) in [6.07, 6.45) is 0.905. The zero-order chi connectivity index (χ0) is 14.4. The lowest BCUT2D eigenvalue weighted by atomic mass is 10.2. The Balaban J connectivity index is 1.80. The van der Waals surface area contributed by atoms with Gasteiger partial charge in [-0.05, 0) is 31.0 Å². The molecular weight excluding hydrogens is 260 g/mol. The van der Waals surface area contributed by atoms with Gasteiger partial charge in [-0.25, -0.2) is 4.79 Å². The second kappa shape index (κ2) is 6.68. The third-order valence-electron chi connectivity index (χ3n) is 2.81. The molecule has 20 heavy (non-hydrogen) atoms. The van der Waals surface area contributed by atoms with Crippen molar-refractivity contribution >= 4 is 17.6 Å². The molecule has 6 heteroatoms. The molecule has 1 atom stereocenters. The number of nitrogens with one attached hydrogen (secondary N) is 1. The lowest BCUT2D eigenvalue weighted by molar-refractivity contribution is -0.156. The number of hydrogen-bond acceptors (Lipinski definition) is 5. The van der Waals surface area contributed by atoms with Crippen molar-refractivity contribution in [1.82, 2.24) is 0 Å². The van der Waals surface area contributed by atoms with E-state index in [-0.39, 0.29) is 6.61 Å². The third kappa shape index (κ3) is 3.80. The molecule has 0 aliphatic carbocycles. The smallest absolute Gasteiger partial charge is 0.335 e. The molecule has 0 saturated carbocycles. The number of benzene rings is 1. The first-order chi connectivity index (χ1) is 9.69. The van der Waals surface area contributed by atoms with Crippen LogP contribution in [0.4, 0.5) is 5.69 Å². The van der Waals surface area contributed by atoms with E-state index in [4.69, 9.17) is 14.7 Å². The Morgan fingerprint density at radius 2 is 2.35 bits per heavy atom. The fraction of sp³-hybridized carbons (Fsp3) is 0.357. The average molecular weight is 274 g/mol. The number of esters is 1. The van der Waals surface area contributed by atoms with Gasteiger partial charge in [0.15, 0.2) is 12.7 Å². The Kier molecular flexibility index (Phi) is 4.69. The molecule has 0 radical (unpaired) electrons. The van der Waals surface area contributed by atoms with Crippen LogP contribution in [0.25, 0.3) is 0 Å². The second-order valence-electron chi connectivity index (χ2n) is 4.35. The number of anilines is 1. The van der Waals surface area contributed by atoms with Crippen molar-refractivity contribution in [1.29, 1.82) is 5.26 Å². The first kappa shape index (κ1) is 14.0. The van der Waals surface area contributed by atoms with Crippen LogP contribution in [0.15, 0.2) is 24.3 Å². The van der Waals surface area contributed by atoms with Crippen molar-refractivity contribution in [2.45, 2.75) is 18.9 Å². The summed E-state index contributed by atoms with van der Waals surface area (Å²) in [7, 11) is 0. The lowest BCUT2D eigenvalue weighted by Crippen LogP contribution is -2.27. The molecule has 1 saturated heterocycles. The average Bonchev–Trinajstić information content (AvgIpc) is 2.99. The molecule has 1 aromatic rings. The summed E-state index contributed by atoms with van der Waals surface area (Å²) in [4.78, 5) is 23.2. The van der Waals surface area contributed by atoms with E-state index in [0.717, 1.165) is 6.42 Å². The molecule has 104 valence electrons. The molecule has 1 amide bonds. The number of rotatable bonds is 4. The van der Waals surface area contributed by atoms with Crippen molar-refractivity contribution in [3.05, 3.63) is 29.8 Å². The normalized spacial score (nSPS) is 17.2. The SMILES string of the molecule is N#Cc1cccc(NC(=O)COC(=O)[C@@H]2CCCO2)c1. The van der Waals surface area contributed by atoms with Crippen LogP contribution in [0.3, 0.4) is 0 Å². The summed E-state index contributed by atoms with van der Waals surface area (Å²) < 4.78 is 10.0. The number of ether oxygens (including phenoxy) is 2. The summed E-state index contributed by atoms with van der Waals surface area (Å²) in [5.74, 6) is -0.963. The highest BCUT2D eigenvalue weighted by Gasteiger charge is 2.25. The molecule has 0 bridgehead atoms. The predicted octanol–water partition coefficient (Wildman–Crippen LogP) is 1.22. The van der Waals surface area contributed by atoms with Crippen LogP contribution in [0, 0.1) is 11.3 Å². The molecule has 1 heterocycles. The molecule has 1 aliphatic rings. The van der Waals surface area contributed by atoms with Crippen LogP contribution in [-0.4, -0.2) is 31.2 Å². The molecule has 0 aromatic heterocycles. The zero-order valence-electron chi connectivity index (χ0n) is 10.8. The minimum atomic E-state index is -0.551. The second-order valence-corrected chi connectivity index (χ2v) is 4.35. The lowest BCUT2D eigenvalue weighted by Gasteiger charge is -2.10. The Labute approximate surface area is 116 Å². The van der Waals surface area contributed by atoms with Crippen molar-refractivity contribution in [3.8, 4) is 6.07 Å². The van der Waals surface area contributed by atoms with Crippen molar-refractivity contribution in [3.63, 3.8) is 0 Å². The minimum Gasteiger partial charge on any atom is -0.454 e. The van der Waals surface area contributed by atoms with Crippen LogP contribution in [0.5, 0.6) is 0 Å². The van der Waals surface area contributed by atoms with Gasteiger partial charge in [-0.2, -0.15) is 5.26 Å². The van der Waals surface area contributed by atoms with Crippen molar-refractivity contribution < 1.29 is 19.1 Å². The number of amides is 1. The first-order valence-electron chi connectivity index (χ1n) is 6.27. The highest BCUT2D eigenvalue weighted by atomic mass is 16.6. The van der Waals surface area contributed by atoms with Gasteiger partial charge < -0.3 is 14.8 Å². The van der Waals surface area contributed by atoms with Crippen LogP contribution < -0.4 is 5.32 Å². The van der Waals surface area contributed by atoms with Gasteiger partial charge in [0.05, 0.1) is 11.6 Å². The summed E-state index contributed by atoms with van der Waals surface area (Å²) in [6.45, 7) is 0.183. The van der Waals surface area contributed by atoms with Crippen LogP contribution >= 0.6 is 0 Å². The molecule has 0 unspecified atom stereocenters. The quantitative estimate of drug-likeness (QED) is 0.834. The molecular formula is C14H14N2O4. The Bertz CT molecular complexity index is 544. The monoisotopic (exact) mass is 274 g/mol. The number of carbonyl (C=O) groups excluding carboxylic acids is 2. The van der Waals surface area contributed by atoms with Gasteiger partial charge in [-0.3, -0.25) is 4.79 Å². The topological polar surface area (TPSA) is 88.4 Å². The van der Waals surface area contributed by atoms with Gasteiger partial charge in [0.1, 0.15) is 0 Å². The molecule has 1 fully saturated rings. The minimum absolute atomic E-state index is 0.366. The number of nitriles is 1. The molecule has 1 aliphatic heterocycles. The summed E-state index contributed by atoms with van der Waals surface area (Å²) in [5, 5.41) is 11.3. The van der Waals surface area contributed by atoms with Crippen LogP contribution in [0.2, 0.25) is 0 Å². The maximum absolute atomic E-state index is 11.6.